The van der Waals surface area contributed by atoms with Gasteiger partial charge >= 0.3 is 12.0 Å². The first-order chi connectivity index (χ1) is 11.1. The maximum absolute atomic E-state index is 12.5. The van der Waals surface area contributed by atoms with Crippen LogP contribution < -0.4 is 5.32 Å². The Hall–Kier alpha value is -2.55. The third-order valence-corrected chi connectivity index (χ3v) is 4.11. The fourth-order valence-corrected chi connectivity index (χ4v) is 2.88. The van der Waals surface area contributed by atoms with E-state index in [9.17, 15) is 9.59 Å². The Morgan fingerprint density at radius 1 is 1.22 bits per heavy atom. The molecule has 1 aromatic carbocycles. The van der Waals surface area contributed by atoms with Crippen LogP contribution in [0.5, 0.6) is 0 Å². The second-order valence-corrected chi connectivity index (χ2v) is 5.75. The van der Waals surface area contributed by atoms with Gasteiger partial charge in [-0.15, -0.1) is 0 Å². The number of carboxylic acid groups (broad SMARTS) is 1. The molecular formula is C17H21N3O3. The molecule has 1 aliphatic rings. The zero-order valence-electron chi connectivity index (χ0n) is 13.0. The third kappa shape index (κ3) is 4.99. The van der Waals surface area contributed by atoms with Gasteiger partial charge < -0.3 is 15.3 Å². The second kappa shape index (κ2) is 8.18. The summed E-state index contributed by atoms with van der Waals surface area (Å²) < 4.78 is 0. The van der Waals surface area contributed by atoms with Crippen LogP contribution in [0.25, 0.3) is 0 Å². The van der Waals surface area contributed by atoms with E-state index in [1.54, 1.807) is 29.2 Å². The molecule has 0 aliphatic heterocycles. The molecule has 0 radical (unpaired) electrons. The van der Waals surface area contributed by atoms with Crippen molar-refractivity contribution >= 4 is 17.7 Å². The van der Waals surface area contributed by atoms with Crippen molar-refractivity contribution in [2.24, 2.45) is 0 Å². The van der Waals surface area contributed by atoms with E-state index in [2.05, 4.69) is 5.32 Å². The lowest BCUT2D eigenvalue weighted by atomic mass is 9.94. The number of aliphatic carboxylic acids is 1. The highest BCUT2D eigenvalue weighted by Crippen LogP contribution is 2.23. The number of urea groups is 1. The number of amides is 2. The molecule has 1 aromatic rings. The molecule has 23 heavy (non-hydrogen) atoms. The average molecular weight is 315 g/mol. The van der Waals surface area contributed by atoms with E-state index in [-0.39, 0.29) is 25.0 Å². The lowest BCUT2D eigenvalue weighted by Crippen LogP contribution is -2.44. The number of nitrogens with zero attached hydrogens (tertiary/aromatic N) is 2. The predicted octanol–water partition coefficient (Wildman–Crippen LogP) is 3.20. The Morgan fingerprint density at radius 2 is 1.87 bits per heavy atom. The van der Waals surface area contributed by atoms with Crippen molar-refractivity contribution in [1.29, 1.82) is 5.26 Å². The molecular weight excluding hydrogens is 294 g/mol. The summed E-state index contributed by atoms with van der Waals surface area (Å²) in [6, 6.07) is 8.47. The summed E-state index contributed by atoms with van der Waals surface area (Å²) in [4.78, 5) is 25.0. The molecule has 6 heteroatoms. The first-order valence-electron chi connectivity index (χ1n) is 7.89. The van der Waals surface area contributed by atoms with E-state index < -0.39 is 5.97 Å². The highest BCUT2D eigenvalue weighted by atomic mass is 16.4. The molecule has 0 saturated heterocycles. The highest BCUT2D eigenvalue weighted by molar-refractivity contribution is 5.89. The molecule has 2 rings (SSSR count). The molecule has 0 aromatic heterocycles. The van der Waals surface area contributed by atoms with Crippen LogP contribution in [0.1, 0.15) is 44.1 Å². The van der Waals surface area contributed by atoms with Gasteiger partial charge in [-0.25, -0.2) is 4.79 Å². The van der Waals surface area contributed by atoms with Gasteiger partial charge in [0.15, 0.2) is 0 Å². The molecule has 0 spiro atoms. The Morgan fingerprint density at radius 3 is 2.43 bits per heavy atom. The number of hydrogen-bond donors (Lipinski definition) is 2. The number of nitrogens with one attached hydrogen (secondary N) is 1. The summed E-state index contributed by atoms with van der Waals surface area (Å²) in [5.74, 6) is -0.906. The molecule has 0 atom stereocenters. The number of anilines is 1. The van der Waals surface area contributed by atoms with Gasteiger partial charge in [0.05, 0.1) is 18.1 Å². The maximum Gasteiger partial charge on any atom is 0.322 e. The Labute approximate surface area is 135 Å². The summed E-state index contributed by atoms with van der Waals surface area (Å²) in [5.41, 5.74) is 1.13. The summed E-state index contributed by atoms with van der Waals surface area (Å²) in [6.07, 6.45) is 5.08. The van der Waals surface area contributed by atoms with Crippen LogP contribution in [-0.4, -0.2) is 34.6 Å². The predicted molar refractivity (Wildman–Crippen MR) is 86.0 cm³/mol. The lowest BCUT2D eigenvalue weighted by molar-refractivity contribution is -0.137. The van der Waals surface area contributed by atoms with Crippen LogP contribution in [-0.2, 0) is 4.79 Å². The van der Waals surface area contributed by atoms with Crippen molar-refractivity contribution in [1.82, 2.24) is 4.90 Å². The van der Waals surface area contributed by atoms with Gasteiger partial charge in [-0.1, -0.05) is 19.3 Å². The van der Waals surface area contributed by atoms with Gasteiger partial charge in [-0.3, -0.25) is 4.79 Å². The Kier molecular flexibility index (Phi) is 5.98. The Bertz CT molecular complexity index is 586. The molecule has 0 heterocycles. The fourth-order valence-electron chi connectivity index (χ4n) is 2.88. The molecule has 1 saturated carbocycles. The van der Waals surface area contributed by atoms with Crippen LogP contribution in [0, 0.1) is 11.3 Å². The minimum absolute atomic E-state index is 0.0582. The standard InChI is InChI=1S/C17H21N3O3/c18-12-13-6-8-14(9-7-13)19-17(23)20(11-10-16(21)22)15-4-2-1-3-5-15/h6-9,15H,1-5,10-11H2,(H,19,23)(H,21,22). The van der Waals surface area contributed by atoms with Crippen LogP contribution in [0.15, 0.2) is 24.3 Å². The minimum atomic E-state index is -0.906. The van der Waals surface area contributed by atoms with E-state index >= 15 is 0 Å². The number of nitriles is 1. The zero-order valence-corrected chi connectivity index (χ0v) is 13.0. The van der Waals surface area contributed by atoms with Crippen LogP contribution >= 0.6 is 0 Å². The summed E-state index contributed by atoms with van der Waals surface area (Å²) >= 11 is 0. The van der Waals surface area contributed by atoms with E-state index in [1.807, 2.05) is 6.07 Å². The second-order valence-electron chi connectivity index (χ2n) is 5.75. The van der Waals surface area contributed by atoms with Crippen molar-refractivity contribution in [3.05, 3.63) is 29.8 Å². The fraction of sp³-hybridized carbons (Fsp3) is 0.471. The molecule has 0 unspecified atom stereocenters. The monoisotopic (exact) mass is 315 g/mol. The summed E-state index contributed by atoms with van der Waals surface area (Å²) in [6.45, 7) is 0.210. The van der Waals surface area contributed by atoms with Crippen LogP contribution in [0.4, 0.5) is 10.5 Å². The van der Waals surface area contributed by atoms with E-state index in [1.165, 1.54) is 6.42 Å². The molecule has 2 amide bonds. The topological polar surface area (TPSA) is 93.4 Å². The van der Waals surface area contributed by atoms with E-state index in [0.29, 0.717) is 11.3 Å². The quantitative estimate of drug-likeness (QED) is 0.872. The van der Waals surface area contributed by atoms with E-state index in [0.717, 1.165) is 25.7 Å². The molecule has 122 valence electrons. The van der Waals surface area contributed by atoms with Gasteiger partial charge in [0, 0.05) is 18.3 Å². The number of benzene rings is 1. The van der Waals surface area contributed by atoms with Gasteiger partial charge in [0.2, 0.25) is 0 Å². The molecule has 0 bridgehead atoms. The number of hydrogen-bond acceptors (Lipinski definition) is 3. The minimum Gasteiger partial charge on any atom is -0.481 e. The number of carbonyl (C=O) groups is 2. The smallest absolute Gasteiger partial charge is 0.322 e. The van der Waals surface area contributed by atoms with Crippen LogP contribution in [0.2, 0.25) is 0 Å². The largest absolute Gasteiger partial charge is 0.481 e. The van der Waals surface area contributed by atoms with Crippen molar-refractivity contribution in [3.63, 3.8) is 0 Å². The maximum atomic E-state index is 12.5. The summed E-state index contributed by atoms with van der Waals surface area (Å²) in [5, 5.41) is 20.5. The highest BCUT2D eigenvalue weighted by Gasteiger charge is 2.25. The molecule has 2 N–H and O–H groups in total. The lowest BCUT2D eigenvalue weighted by Gasteiger charge is -2.34. The number of carboxylic acids is 1. The van der Waals surface area contributed by atoms with Crippen molar-refractivity contribution in [3.8, 4) is 6.07 Å². The summed E-state index contributed by atoms with van der Waals surface area (Å²) in [7, 11) is 0. The SMILES string of the molecule is N#Cc1ccc(NC(=O)N(CCC(=O)O)C2CCCCC2)cc1. The molecule has 1 aliphatic carbocycles. The average Bonchev–Trinajstić information content (AvgIpc) is 2.56. The third-order valence-electron chi connectivity index (χ3n) is 4.11. The normalized spacial score (nSPS) is 14.7. The van der Waals surface area contributed by atoms with Gasteiger partial charge in [0.1, 0.15) is 0 Å². The van der Waals surface area contributed by atoms with Crippen molar-refractivity contribution < 1.29 is 14.7 Å². The van der Waals surface area contributed by atoms with Crippen molar-refractivity contribution in [2.45, 2.75) is 44.6 Å². The number of carbonyl (C=O) groups excluding carboxylic acids is 1. The zero-order chi connectivity index (χ0) is 16.7. The first kappa shape index (κ1) is 16.8. The van der Waals surface area contributed by atoms with Gasteiger partial charge in [0.25, 0.3) is 0 Å². The molecule has 1 fully saturated rings. The first-order valence-corrected chi connectivity index (χ1v) is 7.89. The van der Waals surface area contributed by atoms with Crippen LogP contribution in [0.3, 0.4) is 0 Å². The Balaban J connectivity index is 2.04. The van der Waals surface area contributed by atoms with Crippen molar-refractivity contribution in [2.75, 3.05) is 11.9 Å². The van der Waals surface area contributed by atoms with E-state index in [4.69, 9.17) is 10.4 Å². The van der Waals surface area contributed by atoms with Gasteiger partial charge in [-0.2, -0.15) is 5.26 Å². The number of rotatable bonds is 5. The van der Waals surface area contributed by atoms with Gasteiger partial charge in [-0.05, 0) is 37.1 Å². The molecule has 6 nitrogen and oxygen atoms in total.